The van der Waals surface area contributed by atoms with E-state index in [1.807, 2.05) is 13.0 Å². The maximum absolute atomic E-state index is 11.9. The Kier molecular flexibility index (Phi) is 5.35. The van der Waals surface area contributed by atoms with Crippen molar-refractivity contribution in [2.75, 3.05) is 13.1 Å². The Hall–Kier alpha value is -2.05. The van der Waals surface area contributed by atoms with E-state index in [1.165, 1.54) is 10.5 Å². The van der Waals surface area contributed by atoms with Crippen LogP contribution in [-0.4, -0.2) is 47.0 Å². The highest BCUT2D eigenvalue weighted by Gasteiger charge is 2.24. The van der Waals surface area contributed by atoms with Crippen LogP contribution in [0, 0.1) is 0 Å². The van der Waals surface area contributed by atoms with Crippen molar-refractivity contribution in [2.24, 2.45) is 5.73 Å². The van der Waals surface area contributed by atoms with Crippen LogP contribution in [0.4, 0.5) is 4.79 Å². The normalized spacial score (nSPS) is 16.5. The molecule has 0 spiro atoms. The van der Waals surface area contributed by atoms with Crippen molar-refractivity contribution in [3.63, 3.8) is 0 Å². The molecule has 1 heterocycles. The largest absolute Gasteiger partial charge is 0.480 e. The zero-order valence-corrected chi connectivity index (χ0v) is 10.9. The lowest BCUT2D eigenvalue weighted by atomic mass is 10.1. The minimum absolute atomic E-state index is 0.000879. The minimum atomic E-state index is -1.17. The molecule has 1 atom stereocenters. The maximum Gasteiger partial charge on any atom is 0.326 e. The van der Waals surface area contributed by atoms with Crippen LogP contribution in [0.3, 0.4) is 0 Å². The van der Waals surface area contributed by atoms with Gasteiger partial charge in [0.05, 0.1) is 0 Å². The summed E-state index contributed by atoms with van der Waals surface area (Å²) in [6, 6.07) is -1.52. The van der Waals surface area contributed by atoms with Gasteiger partial charge in [-0.2, -0.15) is 0 Å². The van der Waals surface area contributed by atoms with E-state index in [2.05, 4.69) is 5.32 Å². The van der Waals surface area contributed by atoms with Crippen LogP contribution in [0.25, 0.3) is 0 Å². The summed E-state index contributed by atoms with van der Waals surface area (Å²) in [6.45, 7) is 3.03. The Morgan fingerprint density at radius 2 is 2.21 bits per heavy atom. The number of nitrogens with two attached hydrogens (primary N) is 1. The van der Waals surface area contributed by atoms with Crippen LogP contribution in [0.5, 0.6) is 0 Å². The van der Waals surface area contributed by atoms with Crippen molar-refractivity contribution in [3.05, 3.63) is 11.6 Å². The predicted molar refractivity (Wildman–Crippen MR) is 68.3 cm³/mol. The fourth-order valence-corrected chi connectivity index (χ4v) is 1.74. The molecule has 0 saturated carbocycles. The molecule has 0 bridgehead atoms. The van der Waals surface area contributed by atoms with Crippen molar-refractivity contribution >= 4 is 17.9 Å². The zero-order valence-electron chi connectivity index (χ0n) is 10.9. The first-order valence-electron chi connectivity index (χ1n) is 6.12. The standard InChI is InChI=1S/C12H19N3O4/c1-8-4-6-15(7-5-8)12(19)14-9(11(17)18)2-3-10(13)16/h4,9H,2-3,5-7H2,1H3,(H2,13,16)(H,14,19)(H,17,18)/t9-/m0/s1. The summed E-state index contributed by atoms with van der Waals surface area (Å²) >= 11 is 0. The lowest BCUT2D eigenvalue weighted by Crippen LogP contribution is -2.49. The third kappa shape index (κ3) is 4.99. The summed E-state index contributed by atoms with van der Waals surface area (Å²) < 4.78 is 0. The maximum atomic E-state index is 11.9. The van der Waals surface area contributed by atoms with Crippen molar-refractivity contribution in [1.82, 2.24) is 10.2 Å². The number of nitrogens with one attached hydrogen (secondary N) is 1. The smallest absolute Gasteiger partial charge is 0.326 e. The van der Waals surface area contributed by atoms with Gasteiger partial charge in [0.1, 0.15) is 6.04 Å². The number of carboxylic acids is 1. The van der Waals surface area contributed by atoms with Gasteiger partial charge in [-0.05, 0) is 19.8 Å². The number of carbonyl (C=O) groups is 3. The Balaban J connectivity index is 2.51. The van der Waals surface area contributed by atoms with E-state index in [-0.39, 0.29) is 12.8 Å². The average Bonchev–Trinajstić information content (AvgIpc) is 2.34. The first kappa shape index (κ1) is 15.0. The van der Waals surface area contributed by atoms with E-state index in [1.54, 1.807) is 0 Å². The zero-order chi connectivity index (χ0) is 14.4. The van der Waals surface area contributed by atoms with Gasteiger partial charge in [0.25, 0.3) is 0 Å². The summed E-state index contributed by atoms with van der Waals surface area (Å²) in [6.07, 6.45) is 2.64. The summed E-state index contributed by atoms with van der Waals surface area (Å²) in [7, 11) is 0. The molecule has 4 N–H and O–H groups in total. The van der Waals surface area contributed by atoms with Gasteiger partial charge in [-0.15, -0.1) is 0 Å². The fourth-order valence-electron chi connectivity index (χ4n) is 1.74. The summed E-state index contributed by atoms with van der Waals surface area (Å²) in [5, 5.41) is 11.4. The van der Waals surface area contributed by atoms with Crippen LogP contribution in [0.1, 0.15) is 26.2 Å². The molecule has 0 radical (unpaired) electrons. The molecule has 7 nitrogen and oxygen atoms in total. The molecule has 1 aliphatic heterocycles. The third-order valence-electron chi connectivity index (χ3n) is 3.00. The molecule has 0 aromatic carbocycles. The number of aliphatic carboxylic acids is 1. The molecule has 0 aliphatic carbocycles. The van der Waals surface area contributed by atoms with Gasteiger partial charge < -0.3 is 21.1 Å². The quantitative estimate of drug-likeness (QED) is 0.613. The predicted octanol–water partition coefficient (Wildman–Crippen LogP) is 0.0667. The number of primary amides is 1. The molecule has 3 amide bonds. The second-order valence-electron chi connectivity index (χ2n) is 4.59. The van der Waals surface area contributed by atoms with Gasteiger partial charge in [-0.25, -0.2) is 9.59 Å². The number of carboxylic acid groups (broad SMARTS) is 1. The minimum Gasteiger partial charge on any atom is -0.480 e. The molecular formula is C12H19N3O4. The van der Waals surface area contributed by atoms with E-state index in [0.29, 0.717) is 13.1 Å². The Bertz CT molecular complexity index is 406. The first-order chi connectivity index (χ1) is 8.90. The van der Waals surface area contributed by atoms with E-state index < -0.39 is 23.9 Å². The molecule has 0 aromatic heterocycles. The molecular weight excluding hydrogens is 250 g/mol. The second-order valence-corrected chi connectivity index (χ2v) is 4.59. The van der Waals surface area contributed by atoms with E-state index in [9.17, 15) is 14.4 Å². The fraction of sp³-hybridized carbons (Fsp3) is 0.583. The molecule has 1 aliphatic rings. The monoisotopic (exact) mass is 269 g/mol. The van der Waals surface area contributed by atoms with Gasteiger partial charge >= 0.3 is 12.0 Å². The number of hydrogen-bond donors (Lipinski definition) is 3. The summed E-state index contributed by atoms with van der Waals surface area (Å²) in [4.78, 5) is 35.0. The van der Waals surface area contributed by atoms with Crippen LogP contribution in [0.2, 0.25) is 0 Å². The lowest BCUT2D eigenvalue weighted by Gasteiger charge is -2.27. The van der Waals surface area contributed by atoms with Gasteiger partial charge in [-0.1, -0.05) is 11.6 Å². The molecule has 7 heteroatoms. The van der Waals surface area contributed by atoms with E-state index in [0.717, 1.165) is 6.42 Å². The number of hydrogen-bond acceptors (Lipinski definition) is 3. The van der Waals surface area contributed by atoms with Crippen molar-refractivity contribution in [3.8, 4) is 0 Å². The van der Waals surface area contributed by atoms with Gasteiger partial charge in [0.2, 0.25) is 5.91 Å². The van der Waals surface area contributed by atoms with Crippen LogP contribution >= 0.6 is 0 Å². The van der Waals surface area contributed by atoms with Crippen molar-refractivity contribution < 1.29 is 19.5 Å². The lowest BCUT2D eigenvalue weighted by molar-refractivity contribution is -0.139. The third-order valence-corrected chi connectivity index (χ3v) is 3.00. The Labute approximate surface area is 111 Å². The molecule has 0 fully saturated rings. The number of nitrogens with zero attached hydrogens (tertiary/aromatic N) is 1. The molecule has 0 aromatic rings. The van der Waals surface area contributed by atoms with Crippen molar-refractivity contribution in [2.45, 2.75) is 32.2 Å². The topological polar surface area (TPSA) is 113 Å². The second kappa shape index (κ2) is 6.77. The number of carbonyl (C=O) groups excluding carboxylic acids is 2. The van der Waals surface area contributed by atoms with E-state index in [4.69, 9.17) is 10.8 Å². The average molecular weight is 269 g/mol. The summed E-state index contributed by atoms with van der Waals surface area (Å²) in [5.74, 6) is -1.75. The molecule has 19 heavy (non-hydrogen) atoms. The van der Waals surface area contributed by atoms with Gasteiger partial charge in [-0.3, -0.25) is 4.79 Å². The number of urea groups is 1. The van der Waals surface area contributed by atoms with Crippen LogP contribution in [-0.2, 0) is 9.59 Å². The number of amides is 3. The SMILES string of the molecule is CC1=CCN(C(=O)N[C@@H](CCC(N)=O)C(=O)O)CC1. The molecule has 0 unspecified atom stereocenters. The first-order valence-corrected chi connectivity index (χ1v) is 6.12. The highest BCUT2D eigenvalue weighted by molar-refractivity contribution is 5.83. The van der Waals surface area contributed by atoms with Crippen LogP contribution in [0.15, 0.2) is 11.6 Å². The molecule has 0 saturated heterocycles. The van der Waals surface area contributed by atoms with Gasteiger partial charge in [0.15, 0.2) is 0 Å². The molecule has 106 valence electrons. The van der Waals surface area contributed by atoms with Crippen molar-refractivity contribution in [1.29, 1.82) is 0 Å². The Morgan fingerprint density at radius 1 is 1.53 bits per heavy atom. The Morgan fingerprint density at radius 3 is 2.68 bits per heavy atom. The van der Waals surface area contributed by atoms with Gasteiger partial charge in [0, 0.05) is 19.5 Å². The highest BCUT2D eigenvalue weighted by Crippen LogP contribution is 2.10. The highest BCUT2D eigenvalue weighted by atomic mass is 16.4. The number of rotatable bonds is 5. The van der Waals surface area contributed by atoms with E-state index >= 15 is 0 Å². The molecule has 1 rings (SSSR count). The summed E-state index contributed by atoms with van der Waals surface area (Å²) in [5.41, 5.74) is 6.18. The van der Waals surface area contributed by atoms with Crippen LogP contribution < -0.4 is 11.1 Å².